The maximum Gasteiger partial charge on any atom is 0.152 e. The van der Waals surface area contributed by atoms with Crippen molar-refractivity contribution in [2.75, 3.05) is 5.73 Å². The van der Waals surface area contributed by atoms with Gasteiger partial charge in [0.15, 0.2) is 5.82 Å². The first-order chi connectivity index (χ1) is 14.2. The molecule has 0 saturated heterocycles. The molecule has 30 heavy (non-hydrogen) atoms. The molecule has 156 valence electrons. The summed E-state index contributed by atoms with van der Waals surface area (Å²) < 4.78 is 1.94. The fraction of sp³-hybridized carbons (Fsp3) is 0.348. The molecule has 0 fully saturated rings. The lowest BCUT2D eigenvalue weighted by Crippen LogP contribution is -2.25. The predicted octanol–water partition coefficient (Wildman–Crippen LogP) is 3.17. The summed E-state index contributed by atoms with van der Waals surface area (Å²) in [6.07, 6.45) is 6.03. The van der Waals surface area contributed by atoms with Gasteiger partial charge in [-0.1, -0.05) is 25.1 Å². The van der Waals surface area contributed by atoms with Crippen LogP contribution in [0, 0.1) is 0 Å². The SMILES string of the molecule is CC(Cc1cncc(CO)c1)c1ccc2c(c1)nc(N)c1ncn(CC(C)(C)O)c12. The van der Waals surface area contributed by atoms with Crippen molar-refractivity contribution in [1.82, 2.24) is 19.5 Å². The second-order valence-corrected chi connectivity index (χ2v) is 8.62. The van der Waals surface area contributed by atoms with Gasteiger partial charge in [0.25, 0.3) is 0 Å². The Kier molecular flexibility index (Phi) is 5.17. The van der Waals surface area contributed by atoms with Crippen molar-refractivity contribution in [3.63, 3.8) is 0 Å². The molecular formula is C23H27N5O2. The largest absolute Gasteiger partial charge is 0.392 e. The van der Waals surface area contributed by atoms with Crippen LogP contribution in [0.15, 0.2) is 43.0 Å². The van der Waals surface area contributed by atoms with Crippen molar-refractivity contribution in [1.29, 1.82) is 0 Å². The summed E-state index contributed by atoms with van der Waals surface area (Å²) in [5.74, 6) is 0.627. The maximum atomic E-state index is 10.3. The van der Waals surface area contributed by atoms with Crippen LogP contribution < -0.4 is 5.73 Å². The molecule has 4 N–H and O–H groups in total. The molecular weight excluding hydrogens is 378 g/mol. The molecule has 3 aromatic heterocycles. The number of imidazole rings is 1. The summed E-state index contributed by atoms with van der Waals surface area (Å²) >= 11 is 0. The molecule has 0 saturated carbocycles. The molecule has 7 heteroatoms. The Morgan fingerprint density at radius 1 is 1.17 bits per heavy atom. The lowest BCUT2D eigenvalue weighted by molar-refractivity contribution is 0.0627. The van der Waals surface area contributed by atoms with Gasteiger partial charge in [0.05, 0.1) is 36.1 Å². The van der Waals surface area contributed by atoms with Crippen LogP contribution in [0.4, 0.5) is 5.82 Å². The van der Waals surface area contributed by atoms with Crippen LogP contribution >= 0.6 is 0 Å². The highest BCUT2D eigenvalue weighted by molar-refractivity contribution is 6.06. The van der Waals surface area contributed by atoms with Crippen LogP contribution in [0.5, 0.6) is 0 Å². The second kappa shape index (κ2) is 7.66. The Morgan fingerprint density at radius 2 is 1.93 bits per heavy atom. The van der Waals surface area contributed by atoms with Crippen LogP contribution in [0.2, 0.25) is 0 Å². The molecule has 0 amide bonds. The minimum Gasteiger partial charge on any atom is -0.392 e. The number of nitrogen functional groups attached to an aromatic ring is 1. The number of nitrogens with two attached hydrogens (primary N) is 1. The van der Waals surface area contributed by atoms with Gasteiger partial charge in [0.1, 0.15) is 5.52 Å². The van der Waals surface area contributed by atoms with Gasteiger partial charge in [-0.25, -0.2) is 9.97 Å². The quantitative estimate of drug-likeness (QED) is 0.454. The van der Waals surface area contributed by atoms with Crippen molar-refractivity contribution in [2.24, 2.45) is 0 Å². The first-order valence-electron chi connectivity index (χ1n) is 10.0. The molecule has 1 atom stereocenters. The topological polar surface area (TPSA) is 110 Å². The van der Waals surface area contributed by atoms with Gasteiger partial charge in [-0.15, -0.1) is 0 Å². The molecule has 4 rings (SSSR count). The molecule has 1 unspecified atom stereocenters. The van der Waals surface area contributed by atoms with Gasteiger partial charge in [-0.05, 0) is 48.9 Å². The van der Waals surface area contributed by atoms with Crippen LogP contribution in [-0.4, -0.2) is 35.3 Å². The molecule has 7 nitrogen and oxygen atoms in total. The average molecular weight is 406 g/mol. The zero-order valence-corrected chi connectivity index (χ0v) is 17.5. The highest BCUT2D eigenvalue weighted by Crippen LogP contribution is 2.31. The van der Waals surface area contributed by atoms with E-state index in [1.165, 1.54) is 0 Å². The number of aromatic nitrogens is 4. The van der Waals surface area contributed by atoms with E-state index in [1.807, 2.05) is 16.8 Å². The first kappa shape index (κ1) is 20.3. The van der Waals surface area contributed by atoms with E-state index in [9.17, 15) is 10.2 Å². The zero-order valence-electron chi connectivity index (χ0n) is 17.5. The number of hydrogen-bond donors (Lipinski definition) is 3. The first-order valence-corrected chi connectivity index (χ1v) is 10.0. The third kappa shape index (κ3) is 3.99. The fourth-order valence-electron chi connectivity index (χ4n) is 3.93. The minimum absolute atomic E-state index is 0.0112. The van der Waals surface area contributed by atoms with E-state index in [0.717, 1.165) is 39.5 Å². The standard InChI is InChI=1S/C23H27N5O2/c1-14(6-15-7-16(11-29)10-25-9-15)17-4-5-18-19(8-17)27-22(24)20-21(18)28(13-26-20)12-23(2,3)30/h4-5,7-10,13-14,29-30H,6,11-12H2,1-3H3,(H2,24,27). The number of aliphatic hydroxyl groups is 2. The Hall–Kier alpha value is -3.03. The predicted molar refractivity (Wildman–Crippen MR) is 118 cm³/mol. The maximum absolute atomic E-state index is 10.3. The van der Waals surface area contributed by atoms with E-state index in [-0.39, 0.29) is 12.5 Å². The van der Waals surface area contributed by atoms with Crippen LogP contribution in [0.25, 0.3) is 21.9 Å². The third-order valence-electron chi connectivity index (χ3n) is 5.30. The molecule has 0 spiro atoms. The smallest absolute Gasteiger partial charge is 0.152 e. The van der Waals surface area contributed by atoms with Gasteiger partial charge < -0.3 is 20.5 Å². The highest BCUT2D eigenvalue weighted by atomic mass is 16.3. The number of benzene rings is 1. The molecule has 3 heterocycles. The fourth-order valence-corrected chi connectivity index (χ4v) is 3.93. The minimum atomic E-state index is -0.871. The Balaban J connectivity index is 1.73. The van der Waals surface area contributed by atoms with E-state index in [0.29, 0.717) is 17.9 Å². The van der Waals surface area contributed by atoms with Gasteiger partial charge >= 0.3 is 0 Å². The van der Waals surface area contributed by atoms with E-state index in [2.05, 4.69) is 40.1 Å². The molecule has 0 aliphatic carbocycles. The molecule has 0 radical (unpaired) electrons. The second-order valence-electron chi connectivity index (χ2n) is 8.62. The van der Waals surface area contributed by atoms with Crippen LogP contribution in [0.3, 0.4) is 0 Å². The van der Waals surface area contributed by atoms with Gasteiger partial charge in [-0.2, -0.15) is 0 Å². The van der Waals surface area contributed by atoms with Crippen molar-refractivity contribution in [3.05, 3.63) is 59.7 Å². The Morgan fingerprint density at radius 3 is 2.67 bits per heavy atom. The lowest BCUT2D eigenvalue weighted by atomic mass is 9.93. The number of fused-ring (bicyclic) bond motifs is 3. The number of rotatable bonds is 6. The van der Waals surface area contributed by atoms with Crippen molar-refractivity contribution < 1.29 is 10.2 Å². The Bertz CT molecular complexity index is 1210. The van der Waals surface area contributed by atoms with Crippen LogP contribution in [-0.2, 0) is 19.6 Å². The normalized spacial score (nSPS) is 13.2. The molecule has 1 aromatic carbocycles. The third-order valence-corrected chi connectivity index (χ3v) is 5.30. The van der Waals surface area contributed by atoms with E-state index < -0.39 is 5.60 Å². The van der Waals surface area contributed by atoms with Gasteiger partial charge in [0.2, 0.25) is 0 Å². The van der Waals surface area contributed by atoms with Gasteiger partial charge in [0, 0.05) is 17.8 Å². The Labute approximate surface area is 175 Å². The van der Waals surface area contributed by atoms with E-state index in [4.69, 9.17) is 5.73 Å². The summed E-state index contributed by atoms with van der Waals surface area (Å²) in [4.78, 5) is 13.2. The number of aliphatic hydroxyl groups excluding tert-OH is 1. The van der Waals surface area contributed by atoms with E-state index >= 15 is 0 Å². The van der Waals surface area contributed by atoms with Crippen molar-refractivity contribution in [2.45, 2.75) is 51.9 Å². The highest BCUT2D eigenvalue weighted by Gasteiger charge is 2.19. The molecule has 0 bridgehead atoms. The lowest BCUT2D eigenvalue weighted by Gasteiger charge is -2.19. The number of anilines is 1. The summed E-state index contributed by atoms with van der Waals surface area (Å²) in [6.45, 7) is 6.10. The molecule has 0 aliphatic rings. The summed E-state index contributed by atoms with van der Waals surface area (Å²) in [5.41, 5.74) is 10.7. The average Bonchev–Trinajstić information content (AvgIpc) is 3.10. The molecule has 4 aromatic rings. The summed E-state index contributed by atoms with van der Waals surface area (Å²) in [7, 11) is 0. The number of hydrogen-bond acceptors (Lipinski definition) is 6. The number of nitrogens with zero attached hydrogens (tertiary/aromatic N) is 4. The zero-order chi connectivity index (χ0) is 21.5. The van der Waals surface area contributed by atoms with Crippen molar-refractivity contribution >= 4 is 27.8 Å². The van der Waals surface area contributed by atoms with Gasteiger partial charge in [-0.3, -0.25) is 4.98 Å². The number of pyridine rings is 2. The summed E-state index contributed by atoms with van der Waals surface area (Å²) in [6, 6.07) is 8.22. The van der Waals surface area contributed by atoms with Crippen molar-refractivity contribution in [3.8, 4) is 0 Å². The summed E-state index contributed by atoms with van der Waals surface area (Å²) in [5, 5.41) is 20.6. The van der Waals surface area contributed by atoms with E-state index in [1.54, 1.807) is 26.4 Å². The van der Waals surface area contributed by atoms with Crippen LogP contribution in [0.1, 0.15) is 43.4 Å². The monoisotopic (exact) mass is 405 g/mol. The molecule has 0 aliphatic heterocycles.